The Morgan fingerprint density at radius 1 is 1.08 bits per heavy atom. The SMILES string of the molecule is C[C@H](C(=O)NCc1ccccc1)N(C)Cc1ccc2c(c1)OCCO2. The highest BCUT2D eigenvalue weighted by atomic mass is 16.6. The van der Waals surface area contributed by atoms with Gasteiger partial charge in [-0.25, -0.2) is 0 Å². The molecular formula is C20H24N2O3. The number of fused-ring (bicyclic) bond motifs is 1. The molecule has 5 heteroatoms. The first-order valence-electron chi connectivity index (χ1n) is 8.54. The van der Waals surface area contributed by atoms with Gasteiger partial charge < -0.3 is 14.8 Å². The molecule has 0 fully saturated rings. The molecule has 1 aliphatic rings. The van der Waals surface area contributed by atoms with Crippen molar-refractivity contribution in [3.8, 4) is 11.5 Å². The Kier molecular flexibility index (Phi) is 5.56. The zero-order chi connectivity index (χ0) is 17.6. The molecule has 2 aromatic carbocycles. The highest BCUT2D eigenvalue weighted by molar-refractivity contribution is 5.81. The van der Waals surface area contributed by atoms with Gasteiger partial charge in [-0.2, -0.15) is 0 Å². The molecule has 0 spiro atoms. The van der Waals surface area contributed by atoms with Crippen molar-refractivity contribution in [1.29, 1.82) is 0 Å². The zero-order valence-corrected chi connectivity index (χ0v) is 14.7. The summed E-state index contributed by atoms with van der Waals surface area (Å²) in [5.74, 6) is 1.58. The van der Waals surface area contributed by atoms with Crippen molar-refractivity contribution in [2.75, 3.05) is 20.3 Å². The number of ether oxygens (including phenoxy) is 2. The Labute approximate surface area is 148 Å². The first kappa shape index (κ1) is 17.3. The van der Waals surface area contributed by atoms with E-state index in [1.165, 1.54) is 0 Å². The van der Waals surface area contributed by atoms with Gasteiger partial charge in [-0.1, -0.05) is 36.4 Å². The van der Waals surface area contributed by atoms with Crippen molar-refractivity contribution in [3.05, 3.63) is 59.7 Å². The minimum Gasteiger partial charge on any atom is -0.486 e. The lowest BCUT2D eigenvalue weighted by atomic mass is 10.1. The van der Waals surface area contributed by atoms with Gasteiger partial charge in [-0.3, -0.25) is 9.69 Å². The second-order valence-corrected chi connectivity index (χ2v) is 6.27. The van der Waals surface area contributed by atoms with Crippen LogP contribution in [-0.2, 0) is 17.9 Å². The van der Waals surface area contributed by atoms with Gasteiger partial charge in [0, 0.05) is 13.1 Å². The Morgan fingerprint density at radius 3 is 2.56 bits per heavy atom. The molecule has 0 aromatic heterocycles. The van der Waals surface area contributed by atoms with Crippen LogP contribution < -0.4 is 14.8 Å². The van der Waals surface area contributed by atoms with Crippen molar-refractivity contribution >= 4 is 5.91 Å². The Hall–Kier alpha value is -2.53. The number of benzene rings is 2. The van der Waals surface area contributed by atoms with Crippen LogP contribution in [0.4, 0.5) is 0 Å². The first-order valence-corrected chi connectivity index (χ1v) is 8.54. The fraction of sp³-hybridized carbons (Fsp3) is 0.350. The summed E-state index contributed by atoms with van der Waals surface area (Å²) in [4.78, 5) is 14.4. The normalized spacial score (nSPS) is 14.2. The Bertz CT molecular complexity index is 718. The number of hydrogen-bond acceptors (Lipinski definition) is 4. The second kappa shape index (κ2) is 8.03. The van der Waals surface area contributed by atoms with Crippen LogP contribution in [-0.4, -0.2) is 37.1 Å². The predicted molar refractivity (Wildman–Crippen MR) is 96.6 cm³/mol. The average Bonchev–Trinajstić information content (AvgIpc) is 2.66. The summed E-state index contributed by atoms with van der Waals surface area (Å²) in [5, 5.41) is 2.99. The standard InChI is InChI=1S/C20H24N2O3/c1-15(20(23)21-13-16-6-4-3-5-7-16)22(2)14-17-8-9-18-19(12-17)25-11-10-24-18/h3-9,12,15H,10-11,13-14H2,1-2H3,(H,21,23)/t15-/m1/s1. The van der Waals surface area contributed by atoms with Gasteiger partial charge in [0.2, 0.25) is 5.91 Å². The van der Waals surface area contributed by atoms with Gasteiger partial charge in [-0.15, -0.1) is 0 Å². The first-order chi connectivity index (χ1) is 12.1. The van der Waals surface area contributed by atoms with Gasteiger partial charge >= 0.3 is 0 Å². The lowest BCUT2D eigenvalue weighted by molar-refractivity contribution is -0.125. The molecule has 1 N–H and O–H groups in total. The number of amides is 1. The maximum absolute atomic E-state index is 12.4. The monoisotopic (exact) mass is 340 g/mol. The molecule has 1 amide bonds. The number of rotatable bonds is 6. The van der Waals surface area contributed by atoms with E-state index in [-0.39, 0.29) is 11.9 Å². The number of likely N-dealkylation sites (N-methyl/N-ethyl adjacent to an activating group) is 1. The smallest absolute Gasteiger partial charge is 0.237 e. The highest BCUT2D eigenvalue weighted by Crippen LogP contribution is 2.31. The molecule has 0 unspecified atom stereocenters. The van der Waals surface area contributed by atoms with Crippen molar-refractivity contribution in [2.24, 2.45) is 0 Å². The van der Waals surface area contributed by atoms with Gasteiger partial charge in [0.15, 0.2) is 11.5 Å². The van der Waals surface area contributed by atoms with Crippen molar-refractivity contribution in [1.82, 2.24) is 10.2 Å². The molecular weight excluding hydrogens is 316 g/mol. The van der Waals surface area contributed by atoms with Gasteiger partial charge in [-0.05, 0) is 37.2 Å². The largest absolute Gasteiger partial charge is 0.486 e. The van der Waals surface area contributed by atoms with Crippen molar-refractivity contribution in [2.45, 2.75) is 26.1 Å². The van der Waals surface area contributed by atoms with Crippen LogP contribution in [0.5, 0.6) is 11.5 Å². The van der Waals surface area contributed by atoms with E-state index in [4.69, 9.17) is 9.47 Å². The van der Waals surface area contributed by atoms with Crippen LogP contribution >= 0.6 is 0 Å². The lowest BCUT2D eigenvalue weighted by Crippen LogP contribution is -2.42. The third-order valence-electron chi connectivity index (χ3n) is 4.39. The van der Waals surface area contributed by atoms with E-state index in [1.807, 2.05) is 67.4 Å². The van der Waals surface area contributed by atoms with E-state index in [2.05, 4.69) is 5.32 Å². The van der Waals surface area contributed by atoms with Crippen LogP contribution in [0.2, 0.25) is 0 Å². The van der Waals surface area contributed by atoms with E-state index < -0.39 is 0 Å². The Balaban J connectivity index is 1.54. The molecule has 1 heterocycles. The van der Waals surface area contributed by atoms with Crippen molar-refractivity contribution < 1.29 is 14.3 Å². The number of nitrogens with zero attached hydrogens (tertiary/aromatic N) is 1. The molecule has 3 rings (SSSR count). The molecule has 1 aliphatic heterocycles. The topological polar surface area (TPSA) is 50.8 Å². The fourth-order valence-electron chi connectivity index (χ4n) is 2.74. The molecule has 0 bridgehead atoms. The van der Waals surface area contributed by atoms with Crippen LogP contribution in [0.25, 0.3) is 0 Å². The number of hydrogen-bond donors (Lipinski definition) is 1. The zero-order valence-electron chi connectivity index (χ0n) is 14.7. The maximum Gasteiger partial charge on any atom is 0.237 e. The van der Waals surface area contributed by atoms with Crippen LogP contribution in [0.3, 0.4) is 0 Å². The third kappa shape index (κ3) is 4.51. The molecule has 0 saturated carbocycles. The summed E-state index contributed by atoms with van der Waals surface area (Å²) in [7, 11) is 1.95. The number of nitrogens with one attached hydrogen (secondary N) is 1. The quantitative estimate of drug-likeness (QED) is 0.878. The molecule has 5 nitrogen and oxygen atoms in total. The predicted octanol–water partition coefficient (Wildman–Crippen LogP) is 2.59. The van der Waals surface area contributed by atoms with E-state index >= 15 is 0 Å². The second-order valence-electron chi connectivity index (χ2n) is 6.27. The summed E-state index contributed by atoms with van der Waals surface area (Å²) in [6.07, 6.45) is 0. The Morgan fingerprint density at radius 2 is 1.80 bits per heavy atom. The molecule has 2 aromatic rings. The van der Waals surface area contributed by atoms with Crippen LogP contribution in [0.1, 0.15) is 18.1 Å². The summed E-state index contributed by atoms with van der Waals surface area (Å²) in [5.41, 5.74) is 2.19. The molecule has 25 heavy (non-hydrogen) atoms. The average molecular weight is 340 g/mol. The summed E-state index contributed by atoms with van der Waals surface area (Å²) >= 11 is 0. The minimum absolute atomic E-state index is 0.0175. The van der Waals surface area contributed by atoms with Crippen molar-refractivity contribution in [3.63, 3.8) is 0 Å². The van der Waals surface area contributed by atoms with Gasteiger partial charge in [0.25, 0.3) is 0 Å². The van der Waals surface area contributed by atoms with E-state index in [0.29, 0.717) is 26.3 Å². The van der Waals surface area contributed by atoms with Gasteiger partial charge in [0.1, 0.15) is 13.2 Å². The fourth-order valence-corrected chi connectivity index (χ4v) is 2.74. The van der Waals surface area contributed by atoms with E-state index in [9.17, 15) is 4.79 Å². The van der Waals surface area contributed by atoms with Gasteiger partial charge in [0.05, 0.1) is 6.04 Å². The summed E-state index contributed by atoms with van der Waals surface area (Å²) in [6.45, 7) is 4.28. The molecule has 132 valence electrons. The highest BCUT2D eigenvalue weighted by Gasteiger charge is 2.19. The van der Waals surface area contributed by atoms with E-state index in [0.717, 1.165) is 22.6 Å². The molecule has 0 saturated heterocycles. The van der Waals surface area contributed by atoms with Crippen LogP contribution in [0, 0.1) is 0 Å². The maximum atomic E-state index is 12.4. The minimum atomic E-state index is -0.225. The molecule has 0 aliphatic carbocycles. The lowest BCUT2D eigenvalue weighted by Gasteiger charge is -2.25. The molecule has 0 radical (unpaired) electrons. The number of carbonyl (C=O) groups is 1. The molecule has 1 atom stereocenters. The number of carbonyl (C=O) groups excluding carboxylic acids is 1. The van der Waals surface area contributed by atoms with Crippen LogP contribution in [0.15, 0.2) is 48.5 Å². The van der Waals surface area contributed by atoms with E-state index in [1.54, 1.807) is 0 Å². The summed E-state index contributed by atoms with van der Waals surface area (Å²) in [6, 6.07) is 15.6. The summed E-state index contributed by atoms with van der Waals surface area (Å²) < 4.78 is 11.2. The third-order valence-corrected chi connectivity index (χ3v) is 4.39.